The van der Waals surface area contributed by atoms with Crippen molar-refractivity contribution in [2.75, 3.05) is 0 Å². The van der Waals surface area contributed by atoms with Crippen molar-refractivity contribution in [3.05, 3.63) is 179 Å². The standard InChI is InChI=1S/2C21H18N2O3.Zr/c2*24-18-10-4-1-7-15(18)13-22-21(17-9-3-6-12-20(17)26)23-14-16-8-2-5-11-19(16)25;/h2*1-14,21,24-26H;/p+4. The maximum atomic E-state index is 10.2. The first-order valence-electron chi connectivity index (χ1n) is 16.2. The van der Waals surface area contributed by atoms with Crippen LogP contribution in [0.4, 0.5) is 0 Å². The summed E-state index contributed by atoms with van der Waals surface area (Å²) in [4.78, 5) is 17.9. The molecular formula is C42H40N4O6Zr+4. The van der Waals surface area contributed by atoms with Crippen molar-refractivity contribution in [2.24, 2.45) is 20.0 Å². The van der Waals surface area contributed by atoms with Crippen molar-refractivity contribution in [1.29, 1.82) is 0 Å². The van der Waals surface area contributed by atoms with Crippen LogP contribution in [0.25, 0.3) is 0 Å². The van der Waals surface area contributed by atoms with Crippen LogP contribution >= 0.6 is 0 Å². The summed E-state index contributed by atoms with van der Waals surface area (Å²) in [6, 6.07) is 42.3. The minimum atomic E-state index is -0.671. The van der Waals surface area contributed by atoms with Gasteiger partial charge in [0, 0.05) is 86.5 Å². The van der Waals surface area contributed by atoms with Crippen LogP contribution in [0, 0.1) is 0 Å². The van der Waals surface area contributed by atoms with Gasteiger partial charge in [-0.25, -0.2) is 0 Å². The van der Waals surface area contributed by atoms with E-state index in [9.17, 15) is 10.2 Å². The Morgan fingerprint density at radius 2 is 0.585 bits per heavy atom. The SMILES string of the molecule is Oc1ccccc1C(N=Cc1ccccc1[OH2+])N=Cc1ccccc1[OH2+].Oc1ccccc1C(N=Cc1ccccc1[OH2+])N=Cc1ccccc1[OH2+].[Zr]. The Kier molecular flexibility index (Phi) is 14.8. The van der Waals surface area contributed by atoms with Crippen LogP contribution in [0.2, 0.25) is 0 Å². The van der Waals surface area contributed by atoms with Gasteiger partial charge in [-0.05, 0) is 36.4 Å². The smallest absolute Gasteiger partial charge is 0.262 e. The van der Waals surface area contributed by atoms with Crippen molar-refractivity contribution < 1.29 is 56.8 Å². The second-order valence-corrected chi connectivity index (χ2v) is 11.3. The molecule has 0 unspecified atom stereocenters. The van der Waals surface area contributed by atoms with Gasteiger partial charge in [-0.1, -0.05) is 84.9 Å². The van der Waals surface area contributed by atoms with E-state index in [1.54, 1.807) is 134 Å². The number of phenolic OH excluding ortho intramolecular Hbond substituents is 2. The number of hydrogen-bond donors (Lipinski definition) is 2. The molecule has 0 bridgehead atoms. The molecule has 0 aliphatic heterocycles. The summed E-state index contributed by atoms with van der Waals surface area (Å²) in [5.41, 5.74) is 3.80. The number of nitrogens with zero attached hydrogens (tertiary/aromatic N) is 4. The van der Waals surface area contributed by atoms with Crippen LogP contribution in [0.3, 0.4) is 0 Å². The van der Waals surface area contributed by atoms with Crippen LogP contribution in [0.1, 0.15) is 45.7 Å². The van der Waals surface area contributed by atoms with Crippen molar-refractivity contribution >= 4 is 24.9 Å². The maximum absolute atomic E-state index is 10.2. The largest absolute Gasteiger partial charge is 0.593 e. The molecule has 0 radical (unpaired) electrons. The topological polar surface area (TPSA) is 182 Å². The summed E-state index contributed by atoms with van der Waals surface area (Å²) in [5.74, 6) is 1.68. The van der Waals surface area contributed by atoms with Crippen LogP contribution < -0.4 is 0 Å². The molecule has 0 spiro atoms. The molecule has 264 valence electrons. The van der Waals surface area contributed by atoms with Gasteiger partial charge in [0.25, 0.3) is 23.0 Å². The van der Waals surface area contributed by atoms with Crippen LogP contribution in [0.5, 0.6) is 34.5 Å². The number of hydrogen-bond acceptors (Lipinski definition) is 6. The molecule has 6 aromatic carbocycles. The van der Waals surface area contributed by atoms with Gasteiger partial charge < -0.3 is 30.6 Å². The van der Waals surface area contributed by atoms with Gasteiger partial charge in [0.2, 0.25) is 0 Å². The number of aromatic hydroxyl groups is 2. The van der Waals surface area contributed by atoms with Gasteiger partial charge in [0.1, 0.15) is 11.5 Å². The first-order valence-corrected chi connectivity index (χ1v) is 16.2. The third-order valence-corrected chi connectivity index (χ3v) is 7.69. The molecule has 0 amide bonds. The summed E-state index contributed by atoms with van der Waals surface area (Å²) >= 11 is 0. The second kappa shape index (κ2) is 19.9. The molecule has 6 aromatic rings. The minimum absolute atomic E-state index is 0. The van der Waals surface area contributed by atoms with Gasteiger partial charge in [-0.15, -0.1) is 0 Å². The van der Waals surface area contributed by atoms with Gasteiger partial charge in [-0.3, -0.25) is 20.0 Å². The van der Waals surface area contributed by atoms with Gasteiger partial charge >= 0.3 is 0 Å². The Morgan fingerprint density at radius 3 is 0.830 bits per heavy atom. The van der Waals surface area contributed by atoms with Crippen LogP contribution in [-0.4, -0.2) is 55.5 Å². The molecule has 0 aliphatic rings. The van der Waals surface area contributed by atoms with Crippen molar-refractivity contribution in [1.82, 2.24) is 0 Å². The van der Waals surface area contributed by atoms with Crippen LogP contribution in [0.15, 0.2) is 166 Å². The number of phenols is 2. The zero-order chi connectivity index (χ0) is 36.7. The average molecular weight is 788 g/mol. The first-order chi connectivity index (χ1) is 25.3. The molecule has 10 nitrogen and oxygen atoms in total. The van der Waals surface area contributed by atoms with E-state index in [0.717, 1.165) is 0 Å². The number of para-hydroxylation sites is 6. The van der Waals surface area contributed by atoms with Crippen LogP contribution in [-0.2, 0) is 26.2 Å². The average Bonchev–Trinajstić information content (AvgIpc) is 3.15. The molecule has 0 saturated heterocycles. The van der Waals surface area contributed by atoms with E-state index >= 15 is 0 Å². The van der Waals surface area contributed by atoms with E-state index in [4.69, 9.17) is 20.4 Å². The molecule has 0 atom stereocenters. The minimum Gasteiger partial charge on any atom is -0.593 e. The van der Waals surface area contributed by atoms with Crippen molar-refractivity contribution in [2.45, 2.75) is 12.3 Å². The number of benzene rings is 6. The fourth-order valence-electron chi connectivity index (χ4n) is 4.85. The maximum Gasteiger partial charge on any atom is 0.262 e. The zero-order valence-electron chi connectivity index (χ0n) is 28.5. The normalized spacial score (nSPS) is 12.4. The molecule has 53 heavy (non-hydrogen) atoms. The Labute approximate surface area is 326 Å². The molecule has 0 fully saturated rings. The fraction of sp³-hybridized carbons (Fsp3) is 0.0476. The molecule has 0 aliphatic carbocycles. The number of rotatable bonds is 10. The summed E-state index contributed by atoms with van der Waals surface area (Å²) in [6.45, 7) is 0. The molecular weight excluding hydrogens is 748 g/mol. The summed E-state index contributed by atoms with van der Waals surface area (Å²) in [7, 11) is 0. The number of aliphatic imine (C=N–C) groups is 4. The molecule has 0 saturated carbocycles. The Bertz CT molecular complexity index is 1960. The Balaban J connectivity index is 0.000000232. The molecule has 0 heterocycles. The fourth-order valence-corrected chi connectivity index (χ4v) is 4.85. The monoisotopic (exact) mass is 786 g/mol. The zero-order valence-corrected chi connectivity index (χ0v) is 31.0. The van der Waals surface area contributed by atoms with Crippen molar-refractivity contribution in [3.63, 3.8) is 0 Å². The molecule has 0 aromatic heterocycles. The first kappa shape index (κ1) is 39.5. The van der Waals surface area contributed by atoms with Gasteiger partial charge in [0.15, 0.2) is 12.3 Å². The quantitative estimate of drug-likeness (QED) is 0.112. The summed E-state index contributed by atoms with van der Waals surface area (Å²) in [5, 5.41) is 52.0. The van der Waals surface area contributed by atoms with E-state index in [-0.39, 0.29) is 37.7 Å². The second-order valence-electron chi connectivity index (χ2n) is 11.3. The van der Waals surface area contributed by atoms with Gasteiger partial charge in [-0.2, -0.15) is 0 Å². The Morgan fingerprint density at radius 1 is 0.358 bits per heavy atom. The summed E-state index contributed by atoms with van der Waals surface area (Å²) < 4.78 is 0. The third kappa shape index (κ3) is 11.3. The molecule has 6 rings (SSSR count). The van der Waals surface area contributed by atoms with E-state index in [2.05, 4.69) is 20.0 Å². The Hall–Kier alpha value is -6.32. The third-order valence-electron chi connectivity index (χ3n) is 7.69. The molecule has 11 heteroatoms. The summed E-state index contributed by atoms with van der Waals surface area (Å²) in [6.07, 6.45) is 5.00. The van der Waals surface area contributed by atoms with E-state index in [1.165, 1.54) is 0 Å². The van der Waals surface area contributed by atoms with Crippen molar-refractivity contribution in [3.8, 4) is 34.5 Å². The predicted octanol–water partition coefficient (Wildman–Crippen LogP) is 7.01. The molecule has 10 N–H and O–H groups in total. The van der Waals surface area contributed by atoms with E-state index in [0.29, 0.717) is 56.4 Å². The predicted molar refractivity (Wildman–Crippen MR) is 210 cm³/mol. The van der Waals surface area contributed by atoms with E-state index < -0.39 is 12.3 Å². The van der Waals surface area contributed by atoms with Gasteiger partial charge in [0.05, 0.1) is 22.3 Å². The van der Waals surface area contributed by atoms with E-state index in [1.807, 2.05) is 36.4 Å².